The molecular weight excluding hydrogens is 769 g/mol. The van der Waals surface area contributed by atoms with Crippen LogP contribution in [0.5, 0.6) is 0 Å². The number of allylic oxidation sites excluding steroid dienone is 4. The van der Waals surface area contributed by atoms with Gasteiger partial charge in [-0.05, 0) is 33.4 Å². The highest BCUT2D eigenvalue weighted by molar-refractivity contribution is 6.13. The normalized spacial score (nSPS) is 16.2. The summed E-state index contributed by atoms with van der Waals surface area (Å²) < 4.78 is 121. The van der Waals surface area contributed by atoms with Gasteiger partial charge in [0.2, 0.25) is 0 Å². The molecule has 2 aliphatic rings. The van der Waals surface area contributed by atoms with Crippen LogP contribution in [0.4, 0.5) is 35.1 Å². The van der Waals surface area contributed by atoms with Gasteiger partial charge in [0.05, 0.1) is 63.4 Å². The van der Waals surface area contributed by atoms with Gasteiger partial charge in [-0.1, -0.05) is 60.7 Å². The van der Waals surface area contributed by atoms with Gasteiger partial charge in [0.25, 0.3) is 23.8 Å². The molecule has 2 aliphatic carbocycles. The van der Waals surface area contributed by atoms with E-state index in [9.17, 15) is 49.1 Å². The Bertz CT molecular complexity index is 2740. The lowest BCUT2D eigenvalue weighted by Crippen LogP contribution is -2.20. The fourth-order valence-electron chi connectivity index (χ4n) is 7.98. The molecular formula is C42H14F8N8. The minimum Gasteiger partial charge on any atom is -0.201 e. The van der Waals surface area contributed by atoms with Crippen LogP contribution in [0.2, 0.25) is 0 Å². The number of pyridine rings is 2. The van der Waals surface area contributed by atoms with Crippen LogP contribution in [0.15, 0.2) is 60.7 Å². The summed E-state index contributed by atoms with van der Waals surface area (Å²) in [4.78, 5) is 5.10. The molecule has 8 nitrogen and oxygen atoms in total. The second kappa shape index (κ2) is 14.5. The van der Waals surface area contributed by atoms with Crippen LogP contribution in [-0.2, 0) is 0 Å². The molecule has 0 radical (unpaired) electrons. The van der Waals surface area contributed by atoms with Gasteiger partial charge < -0.3 is 0 Å². The first-order valence-electron chi connectivity index (χ1n) is 16.5. The third-order valence-corrected chi connectivity index (χ3v) is 10.1. The number of rotatable bonds is 6. The average Bonchev–Trinajstić information content (AvgIpc) is 3.75. The summed E-state index contributed by atoms with van der Waals surface area (Å²) in [5, 5.41) is 64.8. The lowest BCUT2D eigenvalue weighted by molar-refractivity contribution is 0.389. The lowest BCUT2D eigenvalue weighted by atomic mass is 9.72. The molecule has 5 aromatic rings. The number of halogens is 8. The Balaban J connectivity index is 1.71. The van der Waals surface area contributed by atoms with Gasteiger partial charge >= 0.3 is 0 Å². The van der Waals surface area contributed by atoms with Crippen molar-refractivity contribution in [2.45, 2.75) is 23.7 Å². The zero-order valence-electron chi connectivity index (χ0n) is 28.7. The Labute approximate surface area is 321 Å². The first kappa shape index (κ1) is 38.1. The maximum absolute atomic E-state index is 15.6. The number of aromatic nitrogens is 2. The van der Waals surface area contributed by atoms with Crippen molar-refractivity contribution in [3.63, 3.8) is 0 Å². The molecule has 4 unspecified atom stereocenters. The minimum atomic E-state index is -2.37. The summed E-state index contributed by atoms with van der Waals surface area (Å²) in [6.45, 7) is 0. The molecule has 0 saturated carbocycles. The van der Waals surface area contributed by atoms with Crippen LogP contribution in [0, 0.1) is 115 Å². The van der Waals surface area contributed by atoms with Crippen molar-refractivity contribution < 1.29 is 35.1 Å². The number of hydrogen-bond acceptors (Lipinski definition) is 8. The molecule has 0 spiro atoms. The maximum atomic E-state index is 15.6. The predicted octanol–water partition coefficient (Wildman–Crippen LogP) is 9.01. The third kappa shape index (κ3) is 5.36. The molecule has 0 amide bonds. The van der Waals surface area contributed by atoms with Crippen molar-refractivity contribution in [3.8, 4) is 36.4 Å². The number of benzene rings is 3. The smallest absolute Gasteiger partial charge is 0.201 e. The number of nitrogens with zero attached hydrogens (tertiary/aromatic N) is 8. The van der Waals surface area contributed by atoms with Crippen molar-refractivity contribution in [2.24, 2.45) is 0 Å². The maximum Gasteiger partial charge on any atom is 0.252 e. The quantitative estimate of drug-likeness (QED) is 0.121. The molecule has 0 N–H and O–H groups in total. The molecule has 58 heavy (non-hydrogen) atoms. The molecule has 2 heterocycles. The Hall–Kier alpha value is -8.18. The molecule has 278 valence electrons. The summed E-state index contributed by atoms with van der Waals surface area (Å²) in [6.07, 6.45) is 0. The van der Waals surface area contributed by atoms with E-state index in [1.54, 1.807) is 12.1 Å². The molecule has 7 rings (SSSR count). The third-order valence-electron chi connectivity index (χ3n) is 10.1. The van der Waals surface area contributed by atoms with Crippen LogP contribution >= 0.6 is 0 Å². The average molecular weight is 783 g/mol. The predicted molar refractivity (Wildman–Crippen MR) is 184 cm³/mol. The second-order valence-electron chi connectivity index (χ2n) is 12.7. The SMILES string of the molecule is N#CC1=C(c2ccccc2)C(C(C#N)c2c(F)c(F)nc(F)c2F)c2c(C#N)c3c(c(C#N)c21)C(C#N)=C(c1ccccc1)C3C(C#N)c1c(F)c(F)nc(F)c1F. The van der Waals surface area contributed by atoms with Crippen LogP contribution in [0.3, 0.4) is 0 Å². The van der Waals surface area contributed by atoms with Crippen molar-refractivity contribution in [3.05, 3.63) is 163 Å². The lowest BCUT2D eigenvalue weighted by Gasteiger charge is -2.28. The van der Waals surface area contributed by atoms with Crippen LogP contribution in [0.1, 0.15) is 79.3 Å². The van der Waals surface area contributed by atoms with Gasteiger partial charge in [0.15, 0.2) is 23.3 Å². The van der Waals surface area contributed by atoms with Crippen LogP contribution < -0.4 is 0 Å². The van der Waals surface area contributed by atoms with Gasteiger partial charge in [-0.2, -0.15) is 59.1 Å². The molecule has 0 saturated heterocycles. The molecule has 0 fully saturated rings. The summed E-state index contributed by atoms with van der Waals surface area (Å²) in [5.74, 6) is -25.7. The Morgan fingerprint density at radius 1 is 0.448 bits per heavy atom. The summed E-state index contributed by atoms with van der Waals surface area (Å²) in [7, 11) is 0. The Morgan fingerprint density at radius 3 is 1.05 bits per heavy atom. The molecule has 0 aliphatic heterocycles. The number of fused-ring (bicyclic) bond motifs is 2. The van der Waals surface area contributed by atoms with Gasteiger partial charge in [-0.25, -0.2) is 17.6 Å². The van der Waals surface area contributed by atoms with Crippen LogP contribution in [-0.4, -0.2) is 9.97 Å². The van der Waals surface area contributed by atoms with Crippen molar-refractivity contribution >= 4 is 22.3 Å². The zero-order valence-corrected chi connectivity index (χ0v) is 28.7. The van der Waals surface area contributed by atoms with E-state index in [4.69, 9.17) is 0 Å². The fraction of sp³-hybridized carbons (Fsp3) is 0.0952. The molecule has 16 heteroatoms. The van der Waals surface area contributed by atoms with E-state index in [0.29, 0.717) is 0 Å². The van der Waals surface area contributed by atoms with E-state index in [1.165, 1.54) is 60.7 Å². The van der Waals surface area contributed by atoms with Crippen LogP contribution in [0.25, 0.3) is 22.3 Å². The summed E-state index contributed by atoms with van der Waals surface area (Å²) in [5.41, 5.74) is -7.68. The minimum absolute atomic E-state index is 0.0589. The fourth-order valence-corrected chi connectivity index (χ4v) is 7.98. The van der Waals surface area contributed by atoms with E-state index < -0.39 is 126 Å². The zero-order chi connectivity index (χ0) is 41.7. The second-order valence-corrected chi connectivity index (χ2v) is 12.7. The van der Waals surface area contributed by atoms with Gasteiger partial charge in [-0.3, -0.25) is 0 Å². The van der Waals surface area contributed by atoms with E-state index >= 15 is 17.6 Å². The van der Waals surface area contributed by atoms with E-state index in [1.807, 2.05) is 24.3 Å². The highest BCUT2D eigenvalue weighted by Crippen LogP contribution is 2.62. The first-order valence-corrected chi connectivity index (χ1v) is 16.5. The van der Waals surface area contributed by atoms with Crippen molar-refractivity contribution in [1.29, 1.82) is 31.6 Å². The standard InChI is InChI=1S/C42H14F8N8/c43-35-33(36(44)40(48)57-39(35)47)23(15-55)29-25(17-7-3-1-4-8-17)19(11-51)27-21(13-53)28-20(12-52)26(18-9-5-2-6-10-18)30(32(28)22(14-54)31(27)29)24(16-56)34-37(45)41(49)58-42(50)38(34)46/h1-10,23-24,29-30H. The number of hydrogen-bond donors (Lipinski definition) is 0. The monoisotopic (exact) mass is 782 g/mol. The molecule has 3 aromatic carbocycles. The van der Waals surface area contributed by atoms with E-state index in [2.05, 4.69) is 9.97 Å². The summed E-state index contributed by atoms with van der Waals surface area (Å²) >= 11 is 0. The van der Waals surface area contributed by atoms with Crippen molar-refractivity contribution in [1.82, 2.24) is 9.97 Å². The van der Waals surface area contributed by atoms with Gasteiger partial charge in [0.1, 0.15) is 18.2 Å². The largest absolute Gasteiger partial charge is 0.252 e. The summed E-state index contributed by atoms with van der Waals surface area (Å²) in [6, 6.07) is 25.1. The molecule has 4 atom stereocenters. The van der Waals surface area contributed by atoms with E-state index in [-0.39, 0.29) is 22.3 Å². The van der Waals surface area contributed by atoms with Crippen molar-refractivity contribution in [2.75, 3.05) is 0 Å². The highest BCUT2D eigenvalue weighted by atomic mass is 19.2. The topological polar surface area (TPSA) is 169 Å². The Kier molecular flexibility index (Phi) is 9.51. The Morgan fingerprint density at radius 2 is 0.776 bits per heavy atom. The first-order chi connectivity index (χ1) is 27.9. The highest BCUT2D eigenvalue weighted by Gasteiger charge is 2.51. The van der Waals surface area contributed by atoms with E-state index in [0.717, 1.165) is 0 Å². The van der Waals surface area contributed by atoms with Gasteiger partial charge in [-0.15, -0.1) is 0 Å². The molecule has 0 bridgehead atoms. The molecule has 2 aromatic heterocycles. The number of nitriles is 6. The van der Waals surface area contributed by atoms with Gasteiger partial charge in [0, 0.05) is 23.0 Å².